The molecule has 2 unspecified atom stereocenters. The van der Waals surface area contributed by atoms with E-state index in [4.69, 9.17) is 26.4 Å². The van der Waals surface area contributed by atoms with Crippen molar-refractivity contribution in [1.29, 1.82) is 0 Å². The number of fused-ring (bicyclic) bond motifs is 1. The van der Waals surface area contributed by atoms with E-state index in [1.807, 2.05) is 6.20 Å². The highest BCUT2D eigenvalue weighted by atomic mass is 16.3. The van der Waals surface area contributed by atoms with Gasteiger partial charge in [0.05, 0.1) is 0 Å². The molecule has 0 amide bonds. The predicted octanol–water partition coefficient (Wildman–Crippen LogP) is 6.11. The van der Waals surface area contributed by atoms with Crippen molar-refractivity contribution in [1.82, 2.24) is 24.5 Å². The predicted molar refractivity (Wildman–Crippen MR) is 148 cm³/mol. The fourth-order valence-electron chi connectivity index (χ4n) is 5.69. The number of anilines is 1. The van der Waals surface area contributed by atoms with E-state index in [9.17, 15) is 5.11 Å². The standard InChI is InChI=1S/C30H40N6O/c1-6-21-10-12-22(13-11-21)17-36-26-28(32-19(4)23-8-7-9-23)33-27(20(5)37)34-29(26)35-30(36)25-16-24(18(2)3)14-15-31-25/h1,14-16,18-23,37H,7-13,17H2,2-5H3,(H,32,33,34). The Morgan fingerprint density at radius 2 is 1.84 bits per heavy atom. The van der Waals surface area contributed by atoms with Crippen LogP contribution < -0.4 is 5.32 Å². The van der Waals surface area contributed by atoms with Crippen molar-refractivity contribution in [3.8, 4) is 23.9 Å². The van der Waals surface area contributed by atoms with E-state index < -0.39 is 6.10 Å². The van der Waals surface area contributed by atoms with Crippen LogP contribution in [0.4, 0.5) is 5.82 Å². The van der Waals surface area contributed by atoms with Crippen molar-refractivity contribution in [3.05, 3.63) is 29.7 Å². The maximum atomic E-state index is 10.4. The molecule has 2 atom stereocenters. The third-order valence-electron chi connectivity index (χ3n) is 8.42. The van der Waals surface area contributed by atoms with Crippen molar-refractivity contribution < 1.29 is 5.11 Å². The molecule has 2 saturated carbocycles. The number of pyridine rings is 1. The molecule has 3 heterocycles. The van der Waals surface area contributed by atoms with Gasteiger partial charge in [0, 0.05) is 24.7 Å². The molecule has 7 nitrogen and oxygen atoms in total. The van der Waals surface area contributed by atoms with Gasteiger partial charge in [-0.05, 0) is 87.8 Å². The third-order valence-corrected chi connectivity index (χ3v) is 8.42. The number of hydrogen-bond donors (Lipinski definition) is 2. The van der Waals surface area contributed by atoms with Gasteiger partial charge in [0.1, 0.15) is 17.3 Å². The summed E-state index contributed by atoms with van der Waals surface area (Å²) in [6.45, 7) is 9.14. The van der Waals surface area contributed by atoms with Gasteiger partial charge in [-0.25, -0.2) is 15.0 Å². The molecule has 0 aromatic carbocycles. The summed E-state index contributed by atoms with van der Waals surface area (Å²) in [4.78, 5) is 19.3. The minimum Gasteiger partial charge on any atom is -0.385 e. The number of nitrogens with one attached hydrogen (secondary N) is 1. The van der Waals surface area contributed by atoms with E-state index in [1.165, 1.54) is 24.8 Å². The Balaban J connectivity index is 1.63. The molecule has 2 aliphatic carbocycles. The van der Waals surface area contributed by atoms with Crippen LogP contribution in [0, 0.1) is 30.1 Å². The van der Waals surface area contributed by atoms with Gasteiger partial charge in [-0.15, -0.1) is 12.3 Å². The Hall–Kier alpha value is -2.98. The highest BCUT2D eigenvalue weighted by molar-refractivity contribution is 5.87. The minimum atomic E-state index is -0.779. The Morgan fingerprint density at radius 1 is 1.08 bits per heavy atom. The first-order valence-electron chi connectivity index (χ1n) is 14.0. The molecule has 3 aromatic heterocycles. The second-order valence-electron chi connectivity index (χ2n) is 11.5. The molecule has 5 rings (SSSR count). The van der Waals surface area contributed by atoms with Crippen molar-refractivity contribution in [2.24, 2.45) is 17.8 Å². The molecular formula is C30H40N6O. The zero-order valence-corrected chi connectivity index (χ0v) is 22.6. The number of aromatic nitrogens is 5. The van der Waals surface area contributed by atoms with Gasteiger partial charge in [-0.1, -0.05) is 20.3 Å². The number of aliphatic hydroxyl groups is 1. The summed E-state index contributed by atoms with van der Waals surface area (Å²) in [5.74, 6) is 6.84. The van der Waals surface area contributed by atoms with Crippen LogP contribution in [0.25, 0.3) is 22.7 Å². The SMILES string of the molecule is C#CC1CCC(Cn2c(-c3cc(C(C)C)ccn3)nc3nc(C(C)O)nc(NC(C)C4CCC4)c32)CC1. The van der Waals surface area contributed by atoms with Crippen LogP contribution >= 0.6 is 0 Å². The zero-order valence-electron chi connectivity index (χ0n) is 22.6. The lowest BCUT2D eigenvalue weighted by atomic mass is 9.80. The number of aliphatic hydroxyl groups excluding tert-OH is 1. The largest absolute Gasteiger partial charge is 0.385 e. The third kappa shape index (κ3) is 5.36. The second kappa shape index (κ2) is 10.8. The van der Waals surface area contributed by atoms with Crippen molar-refractivity contribution >= 4 is 17.0 Å². The number of imidazole rings is 1. The summed E-state index contributed by atoms with van der Waals surface area (Å²) in [5.41, 5.74) is 3.59. The van der Waals surface area contributed by atoms with E-state index >= 15 is 0 Å². The number of hydrogen-bond acceptors (Lipinski definition) is 6. The zero-order chi connectivity index (χ0) is 26.1. The van der Waals surface area contributed by atoms with Crippen LogP contribution in [0.3, 0.4) is 0 Å². The molecule has 0 spiro atoms. The normalized spacial score (nSPS) is 22.0. The number of terminal acetylenes is 1. The average molecular weight is 501 g/mol. The molecule has 0 saturated heterocycles. The van der Waals surface area contributed by atoms with Crippen LogP contribution in [-0.2, 0) is 6.54 Å². The van der Waals surface area contributed by atoms with Crippen molar-refractivity contribution in [2.75, 3.05) is 5.32 Å². The van der Waals surface area contributed by atoms with Crippen molar-refractivity contribution in [2.45, 2.75) is 97.2 Å². The monoisotopic (exact) mass is 500 g/mol. The lowest BCUT2D eigenvalue weighted by Crippen LogP contribution is -2.31. The Morgan fingerprint density at radius 3 is 2.46 bits per heavy atom. The Labute approximate surface area is 220 Å². The molecule has 37 heavy (non-hydrogen) atoms. The minimum absolute atomic E-state index is 0.286. The molecule has 0 aliphatic heterocycles. The topological polar surface area (TPSA) is 88.8 Å². The van der Waals surface area contributed by atoms with Gasteiger partial charge >= 0.3 is 0 Å². The first-order chi connectivity index (χ1) is 17.8. The lowest BCUT2D eigenvalue weighted by molar-refractivity contribution is 0.189. The molecule has 2 N–H and O–H groups in total. The van der Waals surface area contributed by atoms with E-state index in [0.717, 1.165) is 55.1 Å². The summed E-state index contributed by atoms with van der Waals surface area (Å²) in [6, 6.07) is 4.50. The molecular weight excluding hydrogens is 460 g/mol. The van der Waals surface area contributed by atoms with E-state index in [-0.39, 0.29) is 6.04 Å². The Bertz CT molecular complexity index is 1280. The van der Waals surface area contributed by atoms with E-state index in [1.54, 1.807) is 6.92 Å². The summed E-state index contributed by atoms with van der Waals surface area (Å²) in [6.07, 6.45) is 14.9. The fourth-order valence-corrected chi connectivity index (χ4v) is 5.69. The van der Waals surface area contributed by atoms with Gasteiger partial charge in [0.2, 0.25) is 0 Å². The van der Waals surface area contributed by atoms with Crippen LogP contribution in [0.1, 0.15) is 96.1 Å². The number of rotatable bonds is 8. The van der Waals surface area contributed by atoms with Gasteiger partial charge < -0.3 is 15.0 Å². The first-order valence-corrected chi connectivity index (χ1v) is 14.0. The molecule has 7 heteroatoms. The summed E-state index contributed by atoms with van der Waals surface area (Å²) < 4.78 is 2.28. The first kappa shape index (κ1) is 25.7. The molecule has 2 fully saturated rings. The van der Waals surface area contributed by atoms with E-state index in [2.05, 4.69) is 48.7 Å². The van der Waals surface area contributed by atoms with Gasteiger partial charge in [0.25, 0.3) is 0 Å². The average Bonchev–Trinajstić information content (AvgIpc) is 3.22. The highest BCUT2D eigenvalue weighted by Gasteiger charge is 2.29. The van der Waals surface area contributed by atoms with Gasteiger partial charge in [0.15, 0.2) is 23.1 Å². The second-order valence-corrected chi connectivity index (χ2v) is 11.5. The molecule has 3 aromatic rings. The molecule has 0 bridgehead atoms. The smallest absolute Gasteiger partial charge is 0.184 e. The number of nitrogens with zero attached hydrogens (tertiary/aromatic N) is 5. The van der Waals surface area contributed by atoms with Gasteiger partial charge in [-0.2, -0.15) is 0 Å². The quantitative estimate of drug-likeness (QED) is 0.363. The van der Waals surface area contributed by atoms with Crippen LogP contribution in [0.2, 0.25) is 0 Å². The lowest BCUT2D eigenvalue weighted by Gasteiger charge is -2.32. The fraction of sp³-hybridized carbons (Fsp3) is 0.600. The maximum Gasteiger partial charge on any atom is 0.184 e. The summed E-state index contributed by atoms with van der Waals surface area (Å²) >= 11 is 0. The van der Waals surface area contributed by atoms with E-state index in [0.29, 0.717) is 35.1 Å². The highest BCUT2D eigenvalue weighted by Crippen LogP contribution is 2.36. The van der Waals surface area contributed by atoms with Crippen LogP contribution in [-0.4, -0.2) is 35.7 Å². The van der Waals surface area contributed by atoms with Gasteiger partial charge in [-0.3, -0.25) is 4.98 Å². The summed E-state index contributed by atoms with van der Waals surface area (Å²) in [7, 11) is 0. The Kier molecular flexibility index (Phi) is 7.48. The van der Waals surface area contributed by atoms with Crippen molar-refractivity contribution in [3.63, 3.8) is 0 Å². The molecule has 196 valence electrons. The van der Waals surface area contributed by atoms with Crippen LogP contribution in [0.15, 0.2) is 18.3 Å². The molecule has 2 aliphatic rings. The maximum absolute atomic E-state index is 10.4. The summed E-state index contributed by atoms with van der Waals surface area (Å²) in [5, 5.41) is 14.1. The molecule has 0 radical (unpaired) electrons. The van der Waals surface area contributed by atoms with Crippen LogP contribution in [0.5, 0.6) is 0 Å².